The first-order valence-electron chi connectivity index (χ1n) is 19.0. The second-order valence-electron chi connectivity index (χ2n) is 10.4. The van der Waals surface area contributed by atoms with Crippen molar-refractivity contribution in [2.75, 3.05) is 0 Å². The van der Waals surface area contributed by atoms with Crippen LogP contribution in [0.3, 0.4) is 0 Å². The van der Waals surface area contributed by atoms with Gasteiger partial charge in [0.05, 0.1) is 17.9 Å². The molecule has 0 spiro atoms. The number of fused-ring (bicyclic) bond motifs is 3. The maximum atomic E-state index is 8.69. The molecule has 0 amide bonds. The topological polar surface area (TPSA) is 17.8 Å². The van der Waals surface area contributed by atoms with Gasteiger partial charge in [-0.2, -0.15) is 0 Å². The van der Waals surface area contributed by atoms with Gasteiger partial charge >= 0.3 is 0 Å². The standard InChI is InChI=1S/C41H30N2/c1-2-39-42-37-19-11-12-20-38(37)43(39)32-24-21-30(22-25-32)40-33-17-9-10-18-34(33)41(29-15-7-4-8-16-29)36-27-31(23-26-35(36)40)28-13-5-3-6-14-28/h3-27H,2H2,1H3/i1D3,2D2,3D,5D,6D,13D,14D. The van der Waals surface area contributed by atoms with Gasteiger partial charge in [0.25, 0.3) is 0 Å². The minimum absolute atomic E-state index is 0.122. The molecule has 0 aliphatic carbocycles. The van der Waals surface area contributed by atoms with Gasteiger partial charge in [-0.05, 0) is 85.3 Å². The van der Waals surface area contributed by atoms with E-state index in [9.17, 15) is 0 Å². The van der Waals surface area contributed by atoms with Gasteiger partial charge in [-0.1, -0.05) is 128 Å². The number of benzene rings is 7. The third kappa shape index (κ3) is 4.23. The number of aryl methyl sites for hydroxylation is 1. The van der Waals surface area contributed by atoms with E-state index in [0.717, 1.165) is 43.8 Å². The van der Waals surface area contributed by atoms with E-state index in [1.54, 1.807) is 34.9 Å². The molecule has 0 atom stereocenters. The quantitative estimate of drug-likeness (QED) is 0.191. The number of hydrogen-bond donors (Lipinski definition) is 0. The summed E-state index contributed by atoms with van der Waals surface area (Å²) in [4.78, 5) is 4.46. The van der Waals surface area contributed by atoms with E-state index >= 15 is 0 Å². The average Bonchev–Trinajstić information content (AvgIpc) is 3.56. The second kappa shape index (κ2) is 10.4. The van der Waals surface area contributed by atoms with Gasteiger partial charge in [0, 0.05) is 18.9 Å². The summed E-state index contributed by atoms with van der Waals surface area (Å²) >= 11 is 0. The summed E-state index contributed by atoms with van der Waals surface area (Å²) in [7, 11) is 0. The molecule has 0 saturated carbocycles. The highest BCUT2D eigenvalue weighted by atomic mass is 15.1. The lowest BCUT2D eigenvalue weighted by atomic mass is 9.85. The van der Waals surface area contributed by atoms with Crippen LogP contribution in [0.1, 0.15) is 26.4 Å². The largest absolute Gasteiger partial charge is 0.296 e. The van der Waals surface area contributed by atoms with Crippen molar-refractivity contribution in [1.29, 1.82) is 0 Å². The van der Waals surface area contributed by atoms with Gasteiger partial charge in [0.1, 0.15) is 5.82 Å². The monoisotopic (exact) mass is 560 g/mol. The van der Waals surface area contributed by atoms with Crippen molar-refractivity contribution < 1.29 is 13.7 Å². The summed E-state index contributed by atoms with van der Waals surface area (Å²) in [5.41, 5.74) is 5.85. The third-order valence-electron chi connectivity index (χ3n) is 7.96. The summed E-state index contributed by atoms with van der Waals surface area (Å²) in [6, 6.07) is 36.4. The lowest BCUT2D eigenvalue weighted by molar-refractivity contribution is 0.908. The summed E-state index contributed by atoms with van der Waals surface area (Å²) < 4.78 is 84.8. The zero-order chi connectivity index (χ0) is 37.4. The molecule has 1 aromatic heterocycles. The van der Waals surface area contributed by atoms with Crippen LogP contribution in [-0.2, 0) is 6.37 Å². The zero-order valence-corrected chi connectivity index (χ0v) is 22.9. The Morgan fingerprint density at radius 2 is 1.23 bits per heavy atom. The van der Waals surface area contributed by atoms with Crippen molar-refractivity contribution in [2.45, 2.75) is 13.2 Å². The number of hydrogen-bond acceptors (Lipinski definition) is 1. The maximum absolute atomic E-state index is 8.69. The van der Waals surface area contributed by atoms with Gasteiger partial charge in [0.2, 0.25) is 0 Å². The van der Waals surface area contributed by atoms with Gasteiger partial charge in [0.15, 0.2) is 0 Å². The van der Waals surface area contributed by atoms with E-state index in [1.807, 2.05) is 84.9 Å². The fourth-order valence-electron chi connectivity index (χ4n) is 6.10. The van der Waals surface area contributed by atoms with Gasteiger partial charge < -0.3 is 0 Å². The molecular formula is C41H30N2. The molecule has 0 bridgehead atoms. The number of para-hydroxylation sites is 2. The van der Waals surface area contributed by atoms with Crippen LogP contribution in [0.25, 0.3) is 71.6 Å². The molecule has 8 aromatic rings. The summed E-state index contributed by atoms with van der Waals surface area (Å²) in [6.45, 7) is -2.96. The number of nitrogens with zero attached hydrogens (tertiary/aromatic N) is 2. The molecule has 204 valence electrons. The van der Waals surface area contributed by atoms with Crippen molar-refractivity contribution in [1.82, 2.24) is 9.55 Å². The molecule has 1 heterocycles. The Morgan fingerprint density at radius 3 is 2.00 bits per heavy atom. The molecule has 43 heavy (non-hydrogen) atoms. The van der Waals surface area contributed by atoms with E-state index in [2.05, 4.69) is 11.1 Å². The highest BCUT2D eigenvalue weighted by Gasteiger charge is 2.18. The van der Waals surface area contributed by atoms with Crippen LogP contribution >= 0.6 is 0 Å². The Morgan fingerprint density at radius 1 is 0.605 bits per heavy atom. The lowest BCUT2D eigenvalue weighted by Gasteiger charge is -2.19. The molecule has 2 nitrogen and oxygen atoms in total. The van der Waals surface area contributed by atoms with E-state index in [1.165, 1.54) is 0 Å². The molecular weight excluding hydrogens is 520 g/mol. The minimum Gasteiger partial charge on any atom is -0.296 e. The molecule has 0 saturated heterocycles. The Balaban J connectivity index is 1.40. The molecule has 0 N–H and O–H groups in total. The van der Waals surface area contributed by atoms with Crippen LogP contribution in [-0.4, -0.2) is 9.55 Å². The van der Waals surface area contributed by atoms with Crippen LogP contribution in [0.4, 0.5) is 0 Å². The molecule has 7 aromatic carbocycles. The minimum atomic E-state index is -2.96. The summed E-state index contributed by atoms with van der Waals surface area (Å²) in [5.74, 6) is -0.213. The SMILES string of the molecule is [2H]c1c([2H])c([2H])c(-c2ccc3c(-c4ccc(-n5c(C([2H])([2H])C([2H])([2H])[2H])nc6ccccc65)cc4)c4ccccc4c(-c4ccccc4)c3c2)c([2H])c1[2H]. The normalized spacial score (nSPS) is 15.4. The predicted octanol–water partition coefficient (Wildman–Crippen LogP) is 10.9. The molecule has 0 aliphatic rings. The Labute approximate surface area is 265 Å². The number of aromatic nitrogens is 2. The molecule has 0 fully saturated rings. The van der Waals surface area contributed by atoms with Crippen LogP contribution in [0, 0.1) is 0 Å². The van der Waals surface area contributed by atoms with E-state index < -0.39 is 31.4 Å². The van der Waals surface area contributed by atoms with Crippen LogP contribution in [0.2, 0.25) is 0 Å². The summed E-state index contributed by atoms with van der Waals surface area (Å²) in [6.07, 6.45) is -2.73. The number of imidazole rings is 1. The molecule has 8 rings (SSSR count). The fourth-order valence-corrected chi connectivity index (χ4v) is 6.10. The predicted molar refractivity (Wildman–Crippen MR) is 182 cm³/mol. The first-order valence-corrected chi connectivity index (χ1v) is 14.0. The van der Waals surface area contributed by atoms with E-state index in [0.29, 0.717) is 22.3 Å². The van der Waals surface area contributed by atoms with E-state index in [4.69, 9.17) is 13.7 Å². The van der Waals surface area contributed by atoms with Crippen LogP contribution in [0.15, 0.2) is 152 Å². The van der Waals surface area contributed by atoms with Crippen molar-refractivity contribution in [3.63, 3.8) is 0 Å². The van der Waals surface area contributed by atoms with Crippen molar-refractivity contribution in [3.8, 4) is 39.1 Å². The van der Waals surface area contributed by atoms with E-state index in [-0.39, 0.29) is 23.5 Å². The van der Waals surface area contributed by atoms with Crippen LogP contribution < -0.4 is 0 Å². The highest BCUT2D eigenvalue weighted by molar-refractivity contribution is 6.22. The maximum Gasteiger partial charge on any atom is 0.114 e. The van der Waals surface area contributed by atoms with Gasteiger partial charge in [-0.3, -0.25) is 4.57 Å². The van der Waals surface area contributed by atoms with Crippen LogP contribution in [0.5, 0.6) is 0 Å². The Kier molecular flexibility index (Phi) is 4.08. The second-order valence-corrected chi connectivity index (χ2v) is 10.4. The molecule has 0 aliphatic heterocycles. The molecule has 2 heteroatoms. The highest BCUT2D eigenvalue weighted by Crippen LogP contribution is 2.45. The average molecular weight is 561 g/mol. The molecule has 0 radical (unpaired) electrons. The smallest absolute Gasteiger partial charge is 0.114 e. The van der Waals surface area contributed by atoms with Crippen molar-refractivity contribution in [3.05, 3.63) is 157 Å². The third-order valence-corrected chi connectivity index (χ3v) is 7.96. The Bertz CT molecular complexity index is 2710. The Hall–Kier alpha value is -5.47. The zero-order valence-electron chi connectivity index (χ0n) is 32.9. The van der Waals surface area contributed by atoms with Gasteiger partial charge in [-0.25, -0.2) is 4.98 Å². The van der Waals surface area contributed by atoms with Gasteiger partial charge in [-0.15, -0.1) is 0 Å². The first-order chi connectivity index (χ1) is 25.3. The fraction of sp³-hybridized carbons (Fsp3) is 0.0488. The van der Waals surface area contributed by atoms with Crippen molar-refractivity contribution in [2.24, 2.45) is 0 Å². The summed E-state index contributed by atoms with van der Waals surface area (Å²) in [5, 5.41) is 3.62. The lowest BCUT2D eigenvalue weighted by Crippen LogP contribution is -2.00. The first kappa shape index (κ1) is 16.8. The molecule has 0 unspecified atom stereocenters. The number of rotatable bonds is 5. The van der Waals surface area contributed by atoms with Crippen molar-refractivity contribution >= 4 is 32.6 Å².